The second kappa shape index (κ2) is 6.59. The highest BCUT2D eigenvalue weighted by atomic mass is 16.6. The fourth-order valence-electron chi connectivity index (χ4n) is 3.74. The van der Waals surface area contributed by atoms with Gasteiger partial charge in [-0.25, -0.2) is 4.79 Å². The number of nitrogens with zero attached hydrogens (tertiary/aromatic N) is 2. The molecule has 2 aliphatic heterocycles. The number of amides is 2. The minimum atomic E-state index is -0.564. The normalized spacial score (nSPS) is 23.1. The number of nitrogens with one attached hydrogen (secondary N) is 1. The summed E-state index contributed by atoms with van der Waals surface area (Å²) in [6, 6.07) is 1.38. The maximum atomic E-state index is 12.9. The summed E-state index contributed by atoms with van der Waals surface area (Å²) in [5, 5.41) is 0. The number of aromatic nitrogens is 1. The van der Waals surface area contributed by atoms with Gasteiger partial charge in [0.2, 0.25) is 0 Å². The first-order valence-electron chi connectivity index (χ1n) is 8.71. The molecule has 2 saturated heterocycles. The summed E-state index contributed by atoms with van der Waals surface area (Å²) in [5.74, 6) is -0.605. The lowest BCUT2D eigenvalue weighted by Gasteiger charge is -2.25. The maximum Gasteiger partial charge on any atom is 0.410 e. The van der Waals surface area contributed by atoms with E-state index in [1.807, 2.05) is 0 Å². The molecule has 140 valence electrons. The first-order valence-corrected chi connectivity index (χ1v) is 8.71. The Balaban J connectivity index is 1.81. The molecule has 0 unspecified atom stereocenters. The second-order valence-electron chi connectivity index (χ2n) is 7.16. The van der Waals surface area contributed by atoms with Crippen LogP contribution in [0.5, 0.6) is 0 Å². The molecular formula is C18H23N3O5. The Bertz CT molecular complexity index is 831. The van der Waals surface area contributed by atoms with Crippen LogP contribution in [0.1, 0.15) is 52.6 Å². The summed E-state index contributed by atoms with van der Waals surface area (Å²) in [5.41, 5.74) is -0.299. The minimum absolute atomic E-state index is 0.0303. The Hall–Kier alpha value is -2.64. The molecule has 1 aromatic heterocycles. The van der Waals surface area contributed by atoms with Crippen molar-refractivity contribution in [2.75, 3.05) is 26.7 Å². The number of H-pyrrole nitrogens is 1. The van der Waals surface area contributed by atoms with Gasteiger partial charge in [-0.3, -0.25) is 14.4 Å². The fourth-order valence-corrected chi connectivity index (χ4v) is 3.74. The number of likely N-dealkylation sites (tertiary alicyclic amines) is 1. The van der Waals surface area contributed by atoms with Crippen molar-refractivity contribution in [2.24, 2.45) is 0 Å². The van der Waals surface area contributed by atoms with Crippen LogP contribution in [0.15, 0.2) is 10.9 Å². The predicted octanol–water partition coefficient (Wildman–Crippen LogP) is 1.33. The molecule has 2 aliphatic rings. The quantitative estimate of drug-likeness (QED) is 0.801. The van der Waals surface area contributed by atoms with E-state index >= 15 is 0 Å². The monoisotopic (exact) mass is 361 g/mol. The molecule has 1 atom stereocenters. The topological polar surface area (TPSA) is 99.8 Å². The smallest absolute Gasteiger partial charge is 0.410 e. The third-order valence-corrected chi connectivity index (χ3v) is 5.17. The number of rotatable bonds is 2. The summed E-state index contributed by atoms with van der Waals surface area (Å²) in [4.78, 5) is 54.3. The molecule has 8 nitrogen and oxygen atoms in total. The first-order chi connectivity index (χ1) is 12.2. The van der Waals surface area contributed by atoms with Gasteiger partial charge in [-0.1, -0.05) is 0 Å². The van der Waals surface area contributed by atoms with Crippen LogP contribution in [0, 0.1) is 6.92 Å². The highest BCUT2D eigenvalue weighted by Gasteiger charge is 2.44. The number of aryl methyl sites for hydroxylation is 1. The van der Waals surface area contributed by atoms with Crippen molar-refractivity contribution in [2.45, 2.75) is 38.7 Å². The maximum absolute atomic E-state index is 12.9. The Labute approximate surface area is 151 Å². The number of ketones is 1. The number of Topliss-reactive ketones (excluding diaryl/α,β-unsaturated/α-hetero) is 1. The van der Waals surface area contributed by atoms with Crippen molar-refractivity contribution >= 4 is 17.8 Å². The molecule has 3 heterocycles. The van der Waals surface area contributed by atoms with E-state index in [-0.39, 0.29) is 17.4 Å². The number of carbonyl (C=O) groups is 3. The van der Waals surface area contributed by atoms with Gasteiger partial charge in [0, 0.05) is 37.8 Å². The zero-order chi connectivity index (χ0) is 19.1. The van der Waals surface area contributed by atoms with Crippen molar-refractivity contribution < 1.29 is 19.1 Å². The van der Waals surface area contributed by atoms with Crippen LogP contribution >= 0.6 is 0 Å². The van der Waals surface area contributed by atoms with Gasteiger partial charge in [0.25, 0.3) is 11.5 Å². The Morgan fingerprint density at radius 1 is 1.19 bits per heavy atom. The average Bonchev–Trinajstić information content (AvgIpc) is 2.72. The van der Waals surface area contributed by atoms with E-state index in [0.29, 0.717) is 50.2 Å². The van der Waals surface area contributed by atoms with Crippen LogP contribution in [0.4, 0.5) is 4.79 Å². The average molecular weight is 361 g/mol. The Kier molecular flexibility index (Phi) is 4.60. The van der Waals surface area contributed by atoms with E-state index in [9.17, 15) is 19.2 Å². The van der Waals surface area contributed by atoms with Crippen molar-refractivity contribution in [1.82, 2.24) is 14.8 Å². The summed E-state index contributed by atoms with van der Waals surface area (Å²) in [6.07, 6.45) is 1.54. The molecular weight excluding hydrogens is 338 g/mol. The van der Waals surface area contributed by atoms with E-state index in [0.717, 1.165) is 0 Å². The van der Waals surface area contributed by atoms with Crippen LogP contribution in [-0.4, -0.2) is 64.9 Å². The zero-order valence-electron chi connectivity index (χ0n) is 15.3. The molecule has 2 fully saturated rings. The Morgan fingerprint density at radius 2 is 1.92 bits per heavy atom. The summed E-state index contributed by atoms with van der Waals surface area (Å²) in [7, 11) is 1.69. The van der Waals surface area contributed by atoms with Crippen LogP contribution in [0.2, 0.25) is 0 Å². The summed E-state index contributed by atoms with van der Waals surface area (Å²) >= 11 is 0. The second-order valence-corrected chi connectivity index (χ2v) is 7.16. The van der Waals surface area contributed by atoms with Gasteiger partial charge in [0.05, 0.1) is 6.54 Å². The van der Waals surface area contributed by atoms with Crippen molar-refractivity contribution in [3.63, 3.8) is 0 Å². The van der Waals surface area contributed by atoms with E-state index in [2.05, 4.69) is 4.98 Å². The molecule has 0 aliphatic carbocycles. The standard InChI is InChI=1S/C18H23N3O5/c1-11-13(12(2)22)9-14(15(23)19-11)16(24)21-7-4-5-18(6-8-21)10-20(3)17(25)26-18/h9H,4-8,10H2,1-3H3,(H,19,23)/t18-/m1/s1. The molecule has 8 heteroatoms. The zero-order valence-corrected chi connectivity index (χ0v) is 15.3. The molecule has 1 spiro atoms. The molecule has 26 heavy (non-hydrogen) atoms. The molecule has 0 bridgehead atoms. The molecule has 1 N–H and O–H groups in total. The lowest BCUT2D eigenvalue weighted by Crippen LogP contribution is -2.38. The highest BCUT2D eigenvalue weighted by molar-refractivity contribution is 5.99. The van der Waals surface area contributed by atoms with Crippen molar-refractivity contribution in [1.29, 1.82) is 0 Å². The van der Waals surface area contributed by atoms with Gasteiger partial charge in [0.1, 0.15) is 11.2 Å². The third kappa shape index (κ3) is 3.23. The number of aromatic amines is 1. The van der Waals surface area contributed by atoms with Crippen LogP contribution in [0.25, 0.3) is 0 Å². The lowest BCUT2D eigenvalue weighted by molar-refractivity contribution is 0.0438. The number of ether oxygens (including phenoxy) is 1. The Morgan fingerprint density at radius 3 is 2.54 bits per heavy atom. The highest BCUT2D eigenvalue weighted by Crippen LogP contribution is 2.32. The SMILES string of the molecule is CC(=O)c1cc(C(=O)N2CCC[C@@]3(CC2)CN(C)C(=O)O3)c(=O)[nH]c1C. The number of hydrogen-bond acceptors (Lipinski definition) is 5. The lowest BCUT2D eigenvalue weighted by atomic mass is 9.95. The largest absolute Gasteiger partial charge is 0.441 e. The molecule has 0 aromatic carbocycles. The molecule has 2 amide bonds. The summed E-state index contributed by atoms with van der Waals surface area (Å²) in [6.45, 7) is 4.41. The van der Waals surface area contributed by atoms with E-state index in [4.69, 9.17) is 4.74 Å². The van der Waals surface area contributed by atoms with E-state index in [1.165, 1.54) is 13.0 Å². The van der Waals surface area contributed by atoms with Gasteiger partial charge >= 0.3 is 6.09 Å². The first kappa shape index (κ1) is 18.2. The number of pyridine rings is 1. The molecule has 1 aromatic rings. The van der Waals surface area contributed by atoms with Crippen molar-refractivity contribution in [3.8, 4) is 0 Å². The summed E-state index contributed by atoms with van der Waals surface area (Å²) < 4.78 is 5.54. The van der Waals surface area contributed by atoms with Gasteiger partial charge in [-0.05, 0) is 32.8 Å². The number of likely N-dealkylation sites (N-methyl/N-ethyl adjacent to an activating group) is 1. The third-order valence-electron chi connectivity index (χ3n) is 5.17. The van der Waals surface area contributed by atoms with Gasteiger partial charge in [0.15, 0.2) is 5.78 Å². The minimum Gasteiger partial charge on any atom is -0.441 e. The van der Waals surface area contributed by atoms with Crippen LogP contribution in [0.3, 0.4) is 0 Å². The molecule has 0 saturated carbocycles. The number of carbonyl (C=O) groups excluding carboxylic acids is 3. The number of hydrogen-bond donors (Lipinski definition) is 1. The van der Waals surface area contributed by atoms with Crippen molar-refractivity contribution in [3.05, 3.63) is 33.2 Å². The van der Waals surface area contributed by atoms with Gasteiger partial charge in [-0.2, -0.15) is 0 Å². The molecule has 3 rings (SSSR count). The van der Waals surface area contributed by atoms with Crippen LogP contribution in [-0.2, 0) is 4.74 Å². The fraction of sp³-hybridized carbons (Fsp3) is 0.556. The van der Waals surface area contributed by atoms with Crippen LogP contribution < -0.4 is 5.56 Å². The molecule has 0 radical (unpaired) electrons. The van der Waals surface area contributed by atoms with E-state index < -0.39 is 17.1 Å². The van der Waals surface area contributed by atoms with Gasteiger partial charge in [-0.15, -0.1) is 0 Å². The van der Waals surface area contributed by atoms with E-state index in [1.54, 1.807) is 23.8 Å². The van der Waals surface area contributed by atoms with Gasteiger partial charge < -0.3 is 19.5 Å². The predicted molar refractivity (Wildman–Crippen MR) is 93.4 cm³/mol.